The number of rotatable bonds is 4. The molecule has 4 atom stereocenters. The van der Waals surface area contributed by atoms with Crippen molar-refractivity contribution in [3.05, 3.63) is 0 Å². The van der Waals surface area contributed by atoms with E-state index in [1.807, 2.05) is 13.8 Å². The van der Waals surface area contributed by atoms with Gasteiger partial charge in [0.15, 0.2) is 0 Å². The van der Waals surface area contributed by atoms with Crippen LogP contribution in [0.3, 0.4) is 0 Å². The second-order valence-electron chi connectivity index (χ2n) is 4.26. The Morgan fingerprint density at radius 1 is 1.33 bits per heavy atom. The predicted octanol–water partition coefficient (Wildman–Crippen LogP) is 1.95. The van der Waals surface area contributed by atoms with Gasteiger partial charge >= 0.3 is 0 Å². The molecule has 0 aromatic heterocycles. The van der Waals surface area contributed by atoms with Gasteiger partial charge in [0.1, 0.15) is 0 Å². The SMILES string of the molecule is CC1OC(C)C(C(=O)NCCCBr)C1C. The van der Waals surface area contributed by atoms with Crippen LogP contribution >= 0.6 is 15.9 Å². The van der Waals surface area contributed by atoms with Crippen LogP contribution in [0, 0.1) is 11.8 Å². The quantitative estimate of drug-likeness (QED) is 0.630. The maximum atomic E-state index is 11.9. The number of hydrogen-bond donors (Lipinski definition) is 1. The summed E-state index contributed by atoms with van der Waals surface area (Å²) in [5.41, 5.74) is 0. The topological polar surface area (TPSA) is 38.3 Å². The molecule has 1 N–H and O–H groups in total. The number of carbonyl (C=O) groups is 1. The van der Waals surface area contributed by atoms with E-state index in [9.17, 15) is 4.79 Å². The number of ether oxygens (including phenoxy) is 1. The van der Waals surface area contributed by atoms with E-state index < -0.39 is 0 Å². The summed E-state index contributed by atoms with van der Waals surface area (Å²) in [4.78, 5) is 11.9. The van der Waals surface area contributed by atoms with Crippen molar-refractivity contribution in [3.63, 3.8) is 0 Å². The van der Waals surface area contributed by atoms with E-state index in [0.717, 1.165) is 18.3 Å². The second-order valence-corrected chi connectivity index (χ2v) is 5.06. The molecule has 1 saturated heterocycles. The van der Waals surface area contributed by atoms with Crippen LogP contribution in [0.1, 0.15) is 27.2 Å². The fourth-order valence-electron chi connectivity index (χ4n) is 2.11. The average molecular weight is 278 g/mol. The second kappa shape index (κ2) is 5.85. The third kappa shape index (κ3) is 3.18. The van der Waals surface area contributed by atoms with E-state index in [4.69, 9.17) is 4.74 Å². The van der Waals surface area contributed by atoms with Crippen molar-refractivity contribution in [1.29, 1.82) is 0 Å². The van der Waals surface area contributed by atoms with Gasteiger partial charge in [-0.25, -0.2) is 0 Å². The maximum absolute atomic E-state index is 11.9. The summed E-state index contributed by atoms with van der Waals surface area (Å²) in [7, 11) is 0. The summed E-state index contributed by atoms with van der Waals surface area (Å²) in [5, 5.41) is 3.88. The normalized spacial score (nSPS) is 35.5. The fourth-order valence-corrected chi connectivity index (χ4v) is 2.40. The minimum absolute atomic E-state index is 0.00956. The standard InChI is InChI=1S/C11H20BrNO2/c1-7-8(2)15-9(3)10(7)11(14)13-6-4-5-12/h7-10H,4-6H2,1-3H3,(H,13,14). The molecule has 88 valence electrons. The van der Waals surface area contributed by atoms with E-state index in [0.29, 0.717) is 5.92 Å². The highest BCUT2D eigenvalue weighted by Crippen LogP contribution is 2.32. The molecule has 4 heteroatoms. The predicted molar refractivity (Wildman–Crippen MR) is 64.1 cm³/mol. The van der Waals surface area contributed by atoms with Crippen LogP contribution in [0.2, 0.25) is 0 Å². The van der Waals surface area contributed by atoms with Gasteiger partial charge < -0.3 is 10.1 Å². The van der Waals surface area contributed by atoms with Crippen molar-refractivity contribution in [1.82, 2.24) is 5.32 Å². The van der Waals surface area contributed by atoms with E-state index in [1.54, 1.807) is 0 Å². The molecule has 0 aromatic carbocycles. The lowest BCUT2D eigenvalue weighted by atomic mass is 9.89. The highest BCUT2D eigenvalue weighted by atomic mass is 79.9. The Morgan fingerprint density at radius 3 is 2.47 bits per heavy atom. The van der Waals surface area contributed by atoms with Gasteiger partial charge in [-0.05, 0) is 26.2 Å². The average Bonchev–Trinajstić information content (AvgIpc) is 2.41. The van der Waals surface area contributed by atoms with Crippen molar-refractivity contribution < 1.29 is 9.53 Å². The van der Waals surface area contributed by atoms with Gasteiger partial charge in [0, 0.05) is 11.9 Å². The Morgan fingerprint density at radius 2 is 2.00 bits per heavy atom. The first-order valence-electron chi connectivity index (χ1n) is 5.57. The van der Waals surface area contributed by atoms with Crippen LogP contribution in [0.25, 0.3) is 0 Å². The Kier molecular flexibility index (Phi) is 5.06. The van der Waals surface area contributed by atoms with Crippen LogP contribution in [0.5, 0.6) is 0 Å². The van der Waals surface area contributed by atoms with Crippen molar-refractivity contribution in [2.45, 2.75) is 39.4 Å². The molecule has 1 aliphatic heterocycles. The molecule has 0 saturated carbocycles. The lowest BCUT2D eigenvalue weighted by Crippen LogP contribution is -2.37. The molecule has 4 unspecified atom stereocenters. The largest absolute Gasteiger partial charge is 0.374 e. The summed E-state index contributed by atoms with van der Waals surface area (Å²) >= 11 is 3.34. The minimum Gasteiger partial charge on any atom is -0.374 e. The molecule has 0 spiro atoms. The van der Waals surface area contributed by atoms with Crippen LogP contribution in [0.15, 0.2) is 0 Å². The molecule has 3 nitrogen and oxygen atoms in total. The van der Waals surface area contributed by atoms with Gasteiger partial charge in [0.25, 0.3) is 0 Å². The summed E-state index contributed by atoms with van der Waals surface area (Å²) in [6.07, 6.45) is 1.20. The monoisotopic (exact) mass is 277 g/mol. The van der Waals surface area contributed by atoms with Crippen molar-refractivity contribution in [2.75, 3.05) is 11.9 Å². The minimum atomic E-state index is 0.00956. The first-order valence-corrected chi connectivity index (χ1v) is 6.69. The smallest absolute Gasteiger partial charge is 0.226 e. The van der Waals surface area contributed by atoms with Gasteiger partial charge in [-0.1, -0.05) is 22.9 Å². The Balaban J connectivity index is 2.44. The maximum Gasteiger partial charge on any atom is 0.226 e. The molecule has 1 heterocycles. The Labute approximate surface area is 100 Å². The number of carbonyl (C=O) groups excluding carboxylic acids is 1. The molecule has 1 aliphatic rings. The molecular weight excluding hydrogens is 258 g/mol. The zero-order valence-electron chi connectivity index (χ0n) is 9.63. The molecule has 1 amide bonds. The van der Waals surface area contributed by atoms with Gasteiger partial charge in [0.2, 0.25) is 5.91 Å². The molecule has 0 radical (unpaired) electrons. The fraction of sp³-hybridized carbons (Fsp3) is 0.909. The molecule has 1 rings (SSSR count). The highest BCUT2D eigenvalue weighted by molar-refractivity contribution is 9.09. The van der Waals surface area contributed by atoms with Crippen LogP contribution in [-0.4, -0.2) is 30.0 Å². The first kappa shape index (κ1) is 13.0. The number of amides is 1. The molecule has 1 fully saturated rings. The van der Waals surface area contributed by atoms with Crippen LogP contribution in [-0.2, 0) is 9.53 Å². The molecule has 0 aliphatic carbocycles. The molecular formula is C11H20BrNO2. The van der Waals surface area contributed by atoms with Crippen molar-refractivity contribution in [2.24, 2.45) is 11.8 Å². The van der Waals surface area contributed by atoms with Gasteiger partial charge in [-0.15, -0.1) is 0 Å². The van der Waals surface area contributed by atoms with E-state index in [-0.39, 0.29) is 24.0 Å². The third-order valence-electron chi connectivity index (χ3n) is 3.15. The van der Waals surface area contributed by atoms with Gasteiger partial charge in [-0.3, -0.25) is 4.79 Å². The number of nitrogens with one attached hydrogen (secondary N) is 1. The van der Waals surface area contributed by atoms with Crippen LogP contribution in [0.4, 0.5) is 0 Å². The van der Waals surface area contributed by atoms with E-state index >= 15 is 0 Å². The number of halogens is 1. The van der Waals surface area contributed by atoms with Gasteiger partial charge in [-0.2, -0.15) is 0 Å². The zero-order chi connectivity index (χ0) is 11.4. The summed E-state index contributed by atoms with van der Waals surface area (Å²) < 4.78 is 5.64. The Hall–Kier alpha value is -0.0900. The number of hydrogen-bond acceptors (Lipinski definition) is 2. The Bertz CT molecular complexity index is 223. The van der Waals surface area contributed by atoms with Gasteiger partial charge in [0.05, 0.1) is 18.1 Å². The number of alkyl halides is 1. The summed E-state index contributed by atoms with van der Waals surface area (Å²) in [6, 6.07) is 0. The zero-order valence-corrected chi connectivity index (χ0v) is 11.2. The summed E-state index contributed by atoms with van der Waals surface area (Å²) in [6.45, 7) is 6.85. The molecule has 0 aromatic rings. The molecule has 15 heavy (non-hydrogen) atoms. The van der Waals surface area contributed by atoms with Crippen molar-refractivity contribution in [3.8, 4) is 0 Å². The summed E-state index contributed by atoms with van der Waals surface area (Å²) in [5.74, 6) is 0.458. The third-order valence-corrected chi connectivity index (χ3v) is 3.72. The van der Waals surface area contributed by atoms with Crippen LogP contribution < -0.4 is 5.32 Å². The van der Waals surface area contributed by atoms with E-state index in [2.05, 4.69) is 28.2 Å². The van der Waals surface area contributed by atoms with E-state index in [1.165, 1.54) is 0 Å². The lowest BCUT2D eigenvalue weighted by Gasteiger charge is -2.17. The molecule has 0 bridgehead atoms. The lowest BCUT2D eigenvalue weighted by molar-refractivity contribution is -0.127. The van der Waals surface area contributed by atoms with Crippen molar-refractivity contribution >= 4 is 21.8 Å². The first-order chi connectivity index (χ1) is 7.07. The highest BCUT2D eigenvalue weighted by Gasteiger charge is 2.41.